The quantitative estimate of drug-likeness (QED) is 0.314. The molecule has 10 heteroatoms. The van der Waals surface area contributed by atoms with Gasteiger partial charge in [-0.3, -0.25) is 9.36 Å². The van der Waals surface area contributed by atoms with Crippen LogP contribution >= 0.6 is 0 Å². The summed E-state index contributed by atoms with van der Waals surface area (Å²) in [5, 5.41) is 19.7. The molecule has 7 rings (SSSR count). The number of fused-ring (bicyclic) bond motifs is 1. The zero-order valence-electron chi connectivity index (χ0n) is 23.6. The van der Waals surface area contributed by atoms with Gasteiger partial charge in [-0.25, -0.2) is 9.67 Å². The zero-order valence-corrected chi connectivity index (χ0v) is 23.6. The maximum Gasteiger partial charge on any atom is 0.260 e. The molecule has 0 spiro atoms. The van der Waals surface area contributed by atoms with Gasteiger partial charge in [-0.15, -0.1) is 5.10 Å². The molecule has 5 heterocycles. The number of hydrogen-bond acceptors (Lipinski definition) is 8. The molecule has 1 aliphatic carbocycles. The smallest absolute Gasteiger partial charge is 0.260 e. The van der Waals surface area contributed by atoms with Crippen molar-refractivity contribution in [1.29, 1.82) is 0 Å². The number of allylic oxidation sites excluding steroid dienone is 2. The van der Waals surface area contributed by atoms with Crippen molar-refractivity contribution in [3.05, 3.63) is 75.5 Å². The Morgan fingerprint density at radius 2 is 1.90 bits per heavy atom. The van der Waals surface area contributed by atoms with Gasteiger partial charge in [0.05, 0.1) is 24.5 Å². The molecule has 3 aromatic heterocycles. The summed E-state index contributed by atoms with van der Waals surface area (Å²) in [7, 11) is 0. The van der Waals surface area contributed by atoms with Crippen molar-refractivity contribution >= 4 is 28.2 Å². The summed E-state index contributed by atoms with van der Waals surface area (Å²) < 4.78 is 3.75. The highest BCUT2D eigenvalue weighted by Gasteiger charge is 2.23. The summed E-state index contributed by atoms with van der Waals surface area (Å²) in [5.74, 6) is 1.02. The summed E-state index contributed by atoms with van der Waals surface area (Å²) in [5.41, 5.74) is 6.96. The van der Waals surface area contributed by atoms with Gasteiger partial charge >= 0.3 is 0 Å². The monoisotopic (exact) mass is 551 g/mol. The second kappa shape index (κ2) is 11.2. The number of rotatable bonds is 7. The number of nitrogens with one attached hydrogen (secondary N) is 3. The SMILES string of the molecule is CC1=C(c2cc3cnc(Nc4ccc(C5CCCNC5)cc4)nc3n(Cc3cnnn3C3CCNC3)c2=O)CCC1. The molecule has 10 nitrogen and oxygen atoms in total. The number of anilines is 2. The fourth-order valence-electron chi connectivity index (χ4n) is 6.64. The number of hydrogen-bond donors (Lipinski definition) is 3. The second-order valence-electron chi connectivity index (χ2n) is 11.6. The molecule has 2 aliphatic heterocycles. The maximum absolute atomic E-state index is 14.1. The average molecular weight is 552 g/mol. The van der Waals surface area contributed by atoms with Crippen LogP contribution in [-0.2, 0) is 6.54 Å². The standard InChI is InChI=1S/C31H37N9O/c1-20-4-2-6-27(20)28-14-23-16-34-31(36-24-9-7-21(8-10-24)22-5-3-12-32-15-22)37-29(23)39(30(28)41)19-26-18-35-38-40(26)25-11-13-33-17-25/h7-10,14,16,18,22,25,32-33H,2-6,11-13,15,17,19H2,1H3,(H,34,36,37). The van der Waals surface area contributed by atoms with Crippen molar-refractivity contribution in [1.82, 2.24) is 40.2 Å². The van der Waals surface area contributed by atoms with Gasteiger partial charge in [0.1, 0.15) is 5.65 Å². The molecule has 2 unspecified atom stereocenters. The molecule has 0 saturated carbocycles. The van der Waals surface area contributed by atoms with Crippen LogP contribution in [0.15, 0.2) is 53.1 Å². The first kappa shape index (κ1) is 26.0. The van der Waals surface area contributed by atoms with Gasteiger partial charge in [-0.2, -0.15) is 4.98 Å². The average Bonchev–Trinajstić information content (AvgIpc) is 3.78. The molecular weight excluding hydrogens is 514 g/mol. The molecule has 2 fully saturated rings. The third kappa shape index (κ3) is 5.17. The fourth-order valence-corrected chi connectivity index (χ4v) is 6.64. The van der Waals surface area contributed by atoms with Crippen LogP contribution in [0.4, 0.5) is 11.6 Å². The first-order valence-corrected chi connectivity index (χ1v) is 14.9. The van der Waals surface area contributed by atoms with Gasteiger partial charge in [-0.05, 0) is 93.8 Å². The molecule has 1 aromatic carbocycles. The molecule has 2 atom stereocenters. The Morgan fingerprint density at radius 1 is 1.02 bits per heavy atom. The van der Waals surface area contributed by atoms with Gasteiger partial charge in [0.25, 0.3) is 5.56 Å². The lowest BCUT2D eigenvalue weighted by Crippen LogP contribution is -2.28. The van der Waals surface area contributed by atoms with E-state index in [1.54, 1.807) is 10.8 Å². The lowest BCUT2D eigenvalue weighted by atomic mass is 9.92. The van der Waals surface area contributed by atoms with E-state index in [1.165, 1.54) is 24.0 Å². The summed E-state index contributed by atoms with van der Waals surface area (Å²) in [4.78, 5) is 23.7. The summed E-state index contributed by atoms with van der Waals surface area (Å²) in [6.07, 6.45) is 10.1. The third-order valence-electron chi connectivity index (χ3n) is 8.93. The molecule has 41 heavy (non-hydrogen) atoms. The largest absolute Gasteiger partial charge is 0.324 e. The molecule has 0 bridgehead atoms. The Bertz CT molecular complexity index is 1640. The minimum absolute atomic E-state index is 0.0267. The van der Waals surface area contributed by atoms with E-state index in [4.69, 9.17) is 4.98 Å². The van der Waals surface area contributed by atoms with Crippen LogP contribution in [0.3, 0.4) is 0 Å². The first-order chi connectivity index (χ1) is 20.1. The predicted octanol–water partition coefficient (Wildman–Crippen LogP) is 4.13. The van der Waals surface area contributed by atoms with Crippen molar-refractivity contribution in [2.24, 2.45) is 0 Å². The minimum Gasteiger partial charge on any atom is -0.324 e. The molecular formula is C31H37N9O. The summed E-state index contributed by atoms with van der Waals surface area (Å²) in [6, 6.07) is 10.8. The van der Waals surface area contributed by atoms with Crippen molar-refractivity contribution in [3.63, 3.8) is 0 Å². The van der Waals surface area contributed by atoms with E-state index in [2.05, 4.69) is 62.4 Å². The Hall–Kier alpha value is -3.89. The Balaban J connectivity index is 1.25. The fraction of sp³-hybridized carbons (Fsp3) is 0.452. The zero-order chi connectivity index (χ0) is 27.8. The van der Waals surface area contributed by atoms with Crippen LogP contribution < -0.4 is 21.5 Å². The van der Waals surface area contributed by atoms with Crippen molar-refractivity contribution in [2.75, 3.05) is 31.5 Å². The van der Waals surface area contributed by atoms with E-state index in [1.807, 2.05) is 16.9 Å². The van der Waals surface area contributed by atoms with Crippen molar-refractivity contribution < 1.29 is 0 Å². The number of aromatic nitrogens is 6. The highest BCUT2D eigenvalue weighted by molar-refractivity contribution is 5.82. The van der Waals surface area contributed by atoms with Crippen LogP contribution in [0.2, 0.25) is 0 Å². The highest BCUT2D eigenvalue weighted by Crippen LogP contribution is 2.33. The van der Waals surface area contributed by atoms with Crippen LogP contribution in [-0.4, -0.2) is 55.7 Å². The number of piperidine rings is 1. The molecule has 212 valence electrons. The normalized spacial score (nSPS) is 21.2. The lowest BCUT2D eigenvalue weighted by molar-refractivity contribution is 0.454. The third-order valence-corrected chi connectivity index (χ3v) is 8.93. The minimum atomic E-state index is -0.0267. The maximum atomic E-state index is 14.1. The van der Waals surface area contributed by atoms with Gasteiger partial charge < -0.3 is 16.0 Å². The topological polar surface area (TPSA) is 115 Å². The summed E-state index contributed by atoms with van der Waals surface area (Å²) >= 11 is 0. The molecule has 0 radical (unpaired) electrons. The lowest BCUT2D eigenvalue weighted by Gasteiger charge is -2.23. The van der Waals surface area contributed by atoms with E-state index >= 15 is 0 Å². The van der Waals surface area contributed by atoms with Crippen LogP contribution in [0.5, 0.6) is 0 Å². The van der Waals surface area contributed by atoms with Crippen molar-refractivity contribution in [3.8, 4) is 0 Å². The molecule has 3 N–H and O–H groups in total. The highest BCUT2D eigenvalue weighted by atomic mass is 16.1. The second-order valence-corrected chi connectivity index (χ2v) is 11.6. The van der Waals surface area contributed by atoms with Crippen molar-refractivity contribution in [2.45, 2.75) is 64.0 Å². The van der Waals surface area contributed by atoms with Gasteiger partial charge in [0, 0.05) is 35.9 Å². The summed E-state index contributed by atoms with van der Waals surface area (Å²) in [6.45, 7) is 6.43. The predicted molar refractivity (Wildman–Crippen MR) is 160 cm³/mol. The van der Waals surface area contributed by atoms with Crippen LogP contribution in [0.1, 0.15) is 74.2 Å². The number of pyridine rings is 1. The molecule has 2 saturated heterocycles. The van der Waals surface area contributed by atoms with E-state index in [0.717, 1.165) is 79.8 Å². The van der Waals surface area contributed by atoms with Crippen LogP contribution in [0.25, 0.3) is 16.6 Å². The van der Waals surface area contributed by atoms with Crippen LogP contribution in [0, 0.1) is 0 Å². The molecule has 0 amide bonds. The Kier molecular flexibility index (Phi) is 7.10. The van der Waals surface area contributed by atoms with E-state index in [0.29, 0.717) is 24.1 Å². The van der Waals surface area contributed by atoms with E-state index in [9.17, 15) is 4.79 Å². The molecule has 4 aromatic rings. The van der Waals surface area contributed by atoms with Gasteiger partial charge in [-0.1, -0.05) is 22.9 Å². The Morgan fingerprint density at radius 3 is 2.66 bits per heavy atom. The molecule has 3 aliphatic rings. The van der Waals surface area contributed by atoms with Gasteiger partial charge in [0.2, 0.25) is 5.95 Å². The Labute approximate surface area is 239 Å². The number of benzene rings is 1. The van der Waals surface area contributed by atoms with E-state index in [-0.39, 0.29) is 11.6 Å². The number of nitrogens with zero attached hydrogens (tertiary/aromatic N) is 6. The van der Waals surface area contributed by atoms with E-state index < -0.39 is 0 Å². The first-order valence-electron chi connectivity index (χ1n) is 14.9. The van der Waals surface area contributed by atoms with Gasteiger partial charge in [0.15, 0.2) is 0 Å².